The molecule has 0 fully saturated rings. The fourth-order valence-corrected chi connectivity index (χ4v) is 1.78. The molecule has 1 aromatic rings. The third-order valence-electron chi connectivity index (χ3n) is 2.94. The summed E-state index contributed by atoms with van der Waals surface area (Å²) in [6.45, 7) is 4.24. The summed E-state index contributed by atoms with van der Waals surface area (Å²) in [7, 11) is 0. The zero-order valence-electron chi connectivity index (χ0n) is 14.1. The molecular weight excluding hydrogens is 312 g/mol. The Hall–Kier alpha value is -2.57. The number of urea groups is 1. The van der Waals surface area contributed by atoms with E-state index >= 15 is 0 Å². The van der Waals surface area contributed by atoms with Crippen molar-refractivity contribution in [1.82, 2.24) is 10.6 Å². The number of carbonyl (C=O) groups is 3. The molecule has 1 aromatic carbocycles. The third kappa shape index (κ3) is 8.77. The van der Waals surface area contributed by atoms with E-state index in [0.29, 0.717) is 19.6 Å². The maximum atomic E-state index is 11.5. The number of esters is 1. The molecule has 0 unspecified atom stereocenters. The molecule has 3 amide bonds. The van der Waals surface area contributed by atoms with Crippen LogP contribution >= 0.6 is 0 Å². The number of rotatable bonds is 9. The molecule has 0 aliphatic heterocycles. The van der Waals surface area contributed by atoms with Crippen molar-refractivity contribution >= 4 is 17.9 Å². The van der Waals surface area contributed by atoms with Gasteiger partial charge in [-0.3, -0.25) is 14.9 Å². The average molecular weight is 336 g/mol. The first-order chi connectivity index (χ1) is 11.5. The quantitative estimate of drug-likeness (QED) is 0.531. The first kappa shape index (κ1) is 19.5. The first-order valence-electron chi connectivity index (χ1n) is 7.94. The van der Waals surface area contributed by atoms with E-state index in [1.165, 1.54) is 0 Å². The highest BCUT2D eigenvalue weighted by molar-refractivity contribution is 5.95. The van der Waals surface area contributed by atoms with Crippen LogP contribution in [0.5, 0.6) is 5.75 Å². The molecule has 0 radical (unpaired) electrons. The third-order valence-corrected chi connectivity index (χ3v) is 2.94. The lowest BCUT2D eigenvalue weighted by molar-refractivity contribution is -0.148. The number of aryl methyl sites for hydroxylation is 1. The Bertz CT molecular complexity index is 560. The molecule has 0 heterocycles. The van der Waals surface area contributed by atoms with Gasteiger partial charge >= 0.3 is 12.0 Å². The maximum Gasteiger partial charge on any atom is 0.321 e. The monoisotopic (exact) mass is 336 g/mol. The number of nitrogens with one attached hydrogen (secondary N) is 2. The number of hydrogen-bond donors (Lipinski definition) is 2. The summed E-state index contributed by atoms with van der Waals surface area (Å²) in [6.07, 6.45) is 1.38. The van der Waals surface area contributed by atoms with Gasteiger partial charge in [-0.25, -0.2) is 4.79 Å². The average Bonchev–Trinajstić information content (AvgIpc) is 2.55. The van der Waals surface area contributed by atoms with E-state index in [4.69, 9.17) is 9.47 Å². The summed E-state index contributed by atoms with van der Waals surface area (Å²) < 4.78 is 10.3. The van der Waals surface area contributed by atoms with Crippen molar-refractivity contribution in [3.63, 3.8) is 0 Å². The highest BCUT2D eigenvalue weighted by atomic mass is 16.5. The van der Waals surface area contributed by atoms with Gasteiger partial charge in [0.25, 0.3) is 5.91 Å². The topological polar surface area (TPSA) is 93.7 Å². The first-order valence-corrected chi connectivity index (χ1v) is 7.94. The molecule has 132 valence electrons. The number of hydrogen-bond acceptors (Lipinski definition) is 5. The number of imide groups is 1. The Labute approximate surface area is 141 Å². The Morgan fingerprint density at radius 3 is 2.71 bits per heavy atom. The molecule has 0 aliphatic rings. The molecule has 0 atom stereocenters. The molecule has 7 nitrogen and oxygen atoms in total. The summed E-state index contributed by atoms with van der Waals surface area (Å²) in [5.41, 5.74) is 1.10. The molecule has 0 spiro atoms. The summed E-state index contributed by atoms with van der Waals surface area (Å²) in [6, 6.07) is 7.03. The van der Waals surface area contributed by atoms with Crippen molar-refractivity contribution in [3.05, 3.63) is 29.8 Å². The second-order valence-electron chi connectivity index (χ2n) is 5.23. The van der Waals surface area contributed by atoms with Crippen molar-refractivity contribution in [3.8, 4) is 5.75 Å². The minimum Gasteiger partial charge on any atom is -0.494 e. The van der Waals surface area contributed by atoms with Crippen molar-refractivity contribution in [2.45, 2.75) is 33.1 Å². The Balaban J connectivity index is 2.11. The van der Waals surface area contributed by atoms with Gasteiger partial charge in [0.2, 0.25) is 0 Å². The van der Waals surface area contributed by atoms with Crippen LogP contribution in [0.3, 0.4) is 0 Å². The van der Waals surface area contributed by atoms with Crippen LogP contribution in [0.4, 0.5) is 4.79 Å². The molecule has 0 aromatic heterocycles. The normalized spacial score (nSPS) is 9.92. The van der Waals surface area contributed by atoms with E-state index < -0.39 is 24.5 Å². The second-order valence-corrected chi connectivity index (χ2v) is 5.23. The van der Waals surface area contributed by atoms with E-state index in [2.05, 4.69) is 10.6 Å². The Kier molecular flexibility index (Phi) is 8.96. The zero-order chi connectivity index (χ0) is 17.8. The van der Waals surface area contributed by atoms with Crippen molar-refractivity contribution in [2.24, 2.45) is 0 Å². The summed E-state index contributed by atoms with van der Waals surface area (Å²) >= 11 is 0. The lowest BCUT2D eigenvalue weighted by atomic mass is 10.2. The standard InChI is InChI=1S/C17H24N2O5/c1-3-9-18-17(22)19-15(20)12-24-16(21)8-5-10-23-14-7-4-6-13(2)11-14/h4,6-7,11H,3,5,8-10,12H2,1-2H3,(H2,18,19,20,22). The highest BCUT2D eigenvalue weighted by Gasteiger charge is 2.10. The maximum absolute atomic E-state index is 11.5. The molecule has 24 heavy (non-hydrogen) atoms. The van der Waals surface area contributed by atoms with Crippen LogP contribution in [0.15, 0.2) is 24.3 Å². The van der Waals surface area contributed by atoms with Crippen LogP contribution in [-0.4, -0.2) is 37.7 Å². The molecule has 0 bridgehead atoms. The van der Waals surface area contributed by atoms with Gasteiger partial charge in [0, 0.05) is 13.0 Å². The minimum absolute atomic E-state index is 0.140. The van der Waals surface area contributed by atoms with Crippen LogP contribution < -0.4 is 15.4 Å². The summed E-state index contributed by atoms with van der Waals surface area (Å²) in [5, 5.41) is 4.56. The SMILES string of the molecule is CCCNC(=O)NC(=O)COC(=O)CCCOc1cccc(C)c1. The molecule has 0 saturated carbocycles. The van der Waals surface area contributed by atoms with Gasteiger partial charge < -0.3 is 14.8 Å². The van der Waals surface area contributed by atoms with E-state index in [0.717, 1.165) is 17.7 Å². The van der Waals surface area contributed by atoms with Crippen LogP contribution in [0.2, 0.25) is 0 Å². The predicted molar refractivity (Wildman–Crippen MR) is 88.7 cm³/mol. The lowest BCUT2D eigenvalue weighted by Gasteiger charge is -2.08. The zero-order valence-corrected chi connectivity index (χ0v) is 14.1. The van der Waals surface area contributed by atoms with Gasteiger partial charge in [-0.05, 0) is 37.5 Å². The van der Waals surface area contributed by atoms with Crippen LogP contribution in [0, 0.1) is 6.92 Å². The smallest absolute Gasteiger partial charge is 0.321 e. The summed E-state index contributed by atoms with van der Waals surface area (Å²) in [5.74, 6) is -0.416. The van der Waals surface area contributed by atoms with Crippen LogP contribution in [0.1, 0.15) is 31.7 Å². The van der Waals surface area contributed by atoms with E-state index in [1.807, 2.05) is 38.1 Å². The van der Waals surface area contributed by atoms with Gasteiger partial charge in [-0.2, -0.15) is 0 Å². The van der Waals surface area contributed by atoms with Gasteiger partial charge in [-0.15, -0.1) is 0 Å². The fourth-order valence-electron chi connectivity index (χ4n) is 1.78. The van der Waals surface area contributed by atoms with Crippen molar-refractivity contribution in [2.75, 3.05) is 19.8 Å². The molecule has 0 saturated heterocycles. The van der Waals surface area contributed by atoms with Crippen LogP contribution in [0.25, 0.3) is 0 Å². The largest absolute Gasteiger partial charge is 0.494 e. The Morgan fingerprint density at radius 2 is 2.00 bits per heavy atom. The van der Waals surface area contributed by atoms with E-state index in [9.17, 15) is 14.4 Å². The second kappa shape index (κ2) is 11.0. The van der Waals surface area contributed by atoms with Gasteiger partial charge in [0.15, 0.2) is 6.61 Å². The number of carbonyl (C=O) groups excluding carboxylic acids is 3. The summed E-state index contributed by atoms with van der Waals surface area (Å²) in [4.78, 5) is 34.1. The molecule has 2 N–H and O–H groups in total. The number of benzene rings is 1. The molecular formula is C17H24N2O5. The number of amides is 3. The van der Waals surface area contributed by atoms with Gasteiger partial charge in [0.1, 0.15) is 5.75 Å². The molecule has 1 rings (SSSR count). The van der Waals surface area contributed by atoms with Crippen LogP contribution in [-0.2, 0) is 14.3 Å². The Morgan fingerprint density at radius 1 is 1.21 bits per heavy atom. The number of ether oxygens (including phenoxy) is 2. The van der Waals surface area contributed by atoms with Gasteiger partial charge in [-0.1, -0.05) is 19.1 Å². The van der Waals surface area contributed by atoms with Crippen molar-refractivity contribution < 1.29 is 23.9 Å². The van der Waals surface area contributed by atoms with E-state index in [-0.39, 0.29) is 6.42 Å². The van der Waals surface area contributed by atoms with Crippen molar-refractivity contribution in [1.29, 1.82) is 0 Å². The van der Waals surface area contributed by atoms with E-state index in [1.54, 1.807) is 0 Å². The predicted octanol–water partition coefficient (Wildman–Crippen LogP) is 1.93. The lowest BCUT2D eigenvalue weighted by Crippen LogP contribution is -2.41. The highest BCUT2D eigenvalue weighted by Crippen LogP contribution is 2.12. The molecule has 7 heteroatoms. The fraction of sp³-hybridized carbons (Fsp3) is 0.471. The van der Waals surface area contributed by atoms with Gasteiger partial charge in [0.05, 0.1) is 6.61 Å². The minimum atomic E-state index is -0.659. The molecule has 0 aliphatic carbocycles.